The van der Waals surface area contributed by atoms with Crippen LogP contribution in [0.15, 0.2) is 24.3 Å². The van der Waals surface area contributed by atoms with E-state index in [-0.39, 0.29) is 15.9 Å². The van der Waals surface area contributed by atoms with Crippen LogP contribution in [0, 0.1) is 10.1 Å². The zero-order chi connectivity index (χ0) is 11.4. The van der Waals surface area contributed by atoms with Gasteiger partial charge in [-0.3, -0.25) is 10.1 Å². The van der Waals surface area contributed by atoms with E-state index in [1.807, 2.05) is 19.1 Å². The molecular weight excluding hydrogens is 210 g/mol. The van der Waals surface area contributed by atoms with E-state index < -0.39 is 0 Å². The van der Waals surface area contributed by atoms with Crippen LogP contribution in [0.1, 0.15) is 31.6 Å². The Hall–Kier alpha value is -1.03. The Balaban J connectivity index is 2.97. The van der Waals surface area contributed by atoms with Gasteiger partial charge in [-0.1, -0.05) is 32.0 Å². The van der Waals surface area contributed by atoms with E-state index in [0.717, 1.165) is 5.56 Å². The molecule has 1 aromatic carbocycles. The fourth-order valence-electron chi connectivity index (χ4n) is 1.48. The predicted octanol–water partition coefficient (Wildman–Crippen LogP) is 3.80. The van der Waals surface area contributed by atoms with Crippen molar-refractivity contribution in [3.63, 3.8) is 0 Å². The molecule has 82 valence electrons. The van der Waals surface area contributed by atoms with Crippen LogP contribution in [0.5, 0.6) is 0 Å². The van der Waals surface area contributed by atoms with Gasteiger partial charge in [0.25, 0.3) is 5.69 Å². The van der Waals surface area contributed by atoms with E-state index in [1.54, 1.807) is 23.9 Å². The Morgan fingerprint density at radius 2 is 1.87 bits per heavy atom. The molecule has 1 rings (SSSR count). The molecule has 0 bridgehead atoms. The van der Waals surface area contributed by atoms with E-state index in [0.29, 0.717) is 5.25 Å². The highest BCUT2D eigenvalue weighted by Gasteiger charge is 2.18. The summed E-state index contributed by atoms with van der Waals surface area (Å²) in [7, 11) is 0. The minimum absolute atomic E-state index is 0.159. The first-order valence-corrected chi connectivity index (χ1v) is 5.85. The molecule has 4 heteroatoms. The molecule has 1 unspecified atom stereocenters. The molecule has 0 spiro atoms. The van der Waals surface area contributed by atoms with E-state index in [2.05, 4.69) is 13.8 Å². The second-order valence-electron chi connectivity index (χ2n) is 3.64. The summed E-state index contributed by atoms with van der Waals surface area (Å²) in [6.07, 6.45) is 0. The molecule has 0 N–H and O–H groups in total. The summed E-state index contributed by atoms with van der Waals surface area (Å²) in [5, 5.41) is 11.4. The maximum absolute atomic E-state index is 10.8. The first-order chi connectivity index (χ1) is 7.02. The third-order valence-corrected chi connectivity index (χ3v) is 3.25. The number of thioether (sulfide) groups is 1. The number of rotatable bonds is 4. The SMILES string of the molecule is CC(C)SC(C)c1ccccc1[N+](=O)[O-]. The Labute approximate surface area is 94.0 Å². The molecule has 0 saturated heterocycles. The fraction of sp³-hybridized carbons (Fsp3) is 0.455. The molecule has 0 fully saturated rings. The van der Waals surface area contributed by atoms with Crippen LogP contribution in [0.2, 0.25) is 0 Å². The highest BCUT2D eigenvalue weighted by molar-refractivity contribution is 8.00. The minimum atomic E-state index is -0.313. The molecular formula is C11H15NO2S. The van der Waals surface area contributed by atoms with Crippen LogP contribution in [-0.4, -0.2) is 10.2 Å². The zero-order valence-electron chi connectivity index (χ0n) is 9.14. The molecule has 0 aliphatic carbocycles. The van der Waals surface area contributed by atoms with Gasteiger partial charge in [-0.05, 0) is 12.2 Å². The number of nitrogens with zero attached hydrogens (tertiary/aromatic N) is 1. The monoisotopic (exact) mass is 225 g/mol. The lowest BCUT2D eigenvalue weighted by atomic mass is 10.1. The average molecular weight is 225 g/mol. The summed E-state index contributed by atoms with van der Waals surface area (Å²) < 4.78 is 0. The Bertz CT molecular complexity index is 352. The van der Waals surface area contributed by atoms with E-state index in [1.165, 1.54) is 0 Å². The normalized spacial score (nSPS) is 12.8. The summed E-state index contributed by atoms with van der Waals surface area (Å²) in [5.41, 5.74) is 1.03. The van der Waals surface area contributed by atoms with E-state index >= 15 is 0 Å². The smallest absolute Gasteiger partial charge is 0.258 e. The van der Waals surface area contributed by atoms with Crippen LogP contribution >= 0.6 is 11.8 Å². The molecule has 0 radical (unpaired) electrons. The Morgan fingerprint density at radius 3 is 2.40 bits per heavy atom. The lowest BCUT2D eigenvalue weighted by Crippen LogP contribution is -1.99. The van der Waals surface area contributed by atoms with Gasteiger partial charge < -0.3 is 0 Å². The molecule has 0 saturated carbocycles. The molecule has 1 aromatic rings. The lowest BCUT2D eigenvalue weighted by molar-refractivity contribution is -0.385. The average Bonchev–Trinajstić information content (AvgIpc) is 2.16. The maximum atomic E-state index is 10.8. The van der Waals surface area contributed by atoms with Crippen LogP contribution in [-0.2, 0) is 0 Å². The van der Waals surface area contributed by atoms with Crippen molar-refractivity contribution in [1.29, 1.82) is 0 Å². The fourth-order valence-corrected chi connectivity index (χ4v) is 2.64. The molecule has 3 nitrogen and oxygen atoms in total. The number of nitro groups is 1. The minimum Gasteiger partial charge on any atom is -0.258 e. The van der Waals surface area contributed by atoms with Crippen LogP contribution in [0.4, 0.5) is 5.69 Å². The van der Waals surface area contributed by atoms with Gasteiger partial charge >= 0.3 is 0 Å². The molecule has 1 atom stereocenters. The highest BCUT2D eigenvalue weighted by Crippen LogP contribution is 2.36. The largest absolute Gasteiger partial charge is 0.273 e. The van der Waals surface area contributed by atoms with Gasteiger partial charge in [0.1, 0.15) is 0 Å². The molecule has 15 heavy (non-hydrogen) atoms. The van der Waals surface area contributed by atoms with Crippen molar-refractivity contribution in [2.45, 2.75) is 31.3 Å². The predicted molar refractivity (Wildman–Crippen MR) is 64.2 cm³/mol. The zero-order valence-corrected chi connectivity index (χ0v) is 9.95. The van der Waals surface area contributed by atoms with Crippen molar-refractivity contribution in [2.24, 2.45) is 0 Å². The van der Waals surface area contributed by atoms with Crippen molar-refractivity contribution >= 4 is 17.4 Å². The van der Waals surface area contributed by atoms with Gasteiger partial charge in [-0.25, -0.2) is 0 Å². The molecule has 0 aliphatic rings. The van der Waals surface area contributed by atoms with Gasteiger partial charge in [0.05, 0.1) is 4.92 Å². The van der Waals surface area contributed by atoms with Crippen molar-refractivity contribution in [3.05, 3.63) is 39.9 Å². The van der Waals surface area contributed by atoms with E-state index in [9.17, 15) is 10.1 Å². The molecule has 0 heterocycles. The van der Waals surface area contributed by atoms with Gasteiger partial charge in [-0.15, -0.1) is 0 Å². The molecule has 0 aromatic heterocycles. The van der Waals surface area contributed by atoms with Gasteiger partial charge in [-0.2, -0.15) is 11.8 Å². The Morgan fingerprint density at radius 1 is 1.27 bits per heavy atom. The number of para-hydroxylation sites is 1. The first kappa shape index (κ1) is 12.0. The number of nitro benzene ring substituents is 1. The maximum Gasteiger partial charge on any atom is 0.273 e. The van der Waals surface area contributed by atoms with Crippen LogP contribution in [0.25, 0.3) is 0 Å². The summed E-state index contributed by atoms with van der Waals surface area (Å²) in [4.78, 5) is 10.5. The lowest BCUT2D eigenvalue weighted by Gasteiger charge is -2.13. The van der Waals surface area contributed by atoms with E-state index in [4.69, 9.17) is 0 Å². The number of benzene rings is 1. The van der Waals surface area contributed by atoms with Crippen molar-refractivity contribution in [2.75, 3.05) is 0 Å². The van der Waals surface area contributed by atoms with Gasteiger partial charge in [0, 0.05) is 16.9 Å². The molecule has 0 aliphatic heterocycles. The van der Waals surface area contributed by atoms with Gasteiger partial charge in [0.2, 0.25) is 0 Å². The quantitative estimate of drug-likeness (QED) is 0.578. The summed E-state index contributed by atoms with van der Waals surface area (Å²) in [5.74, 6) is 0. The summed E-state index contributed by atoms with van der Waals surface area (Å²) in [6, 6.07) is 6.94. The summed E-state index contributed by atoms with van der Waals surface area (Å²) >= 11 is 1.73. The standard InChI is InChI=1S/C11H15NO2S/c1-8(2)15-9(3)10-6-4-5-7-11(10)12(13)14/h4-9H,1-3H3. The third kappa shape index (κ3) is 3.23. The van der Waals surface area contributed by atoms with Crippen LogP contribution in [0.3, 0.4) is 0 Å². The van der Waals surface area contributed by atoms with Crippen molar-refractivity contribution in [1.82, 2.24) is 0 Å². The van der Waals surface area contributed by atoms with Gasteiger partial charge in [0.15, 0.2) is 0 Å². The third-order valence-electron chi connectivity index (χ3n) is 2.05. The number of hydrogen-bond acceptors (Lipinski definition) is 3. The molecule has 0 amide bonds. The highest BCUT2D eigenvalue weighted by atomic mass is 32.2. The summed E-state index contributed by atoms with van der Waals surface area (Å²) in [6.45, 7) is 6.19. The second-order valence-corrected chi connectivity index (χ2v) is 5.57. The van der Waals surface area contributed by atoms with Crippen molar-refractivity contribution < 1.29 is 4.92 Å². The second kappa shape index (κ2) is 5.16. The Kier molecular flexibility index (Phi) is 4.15. The van der Waals surface area contributed by atoms with Crippen LogP contribution < -0.4 is 0 Å². The number of hydrogen-bond donors (Lipinski definition) is 0. The topological polar surface area (TPSA) is 43.1 Å². The van der Waals surface area contributed by atoms with Crippen molar-refractivity contribution in [3.8, 4) is 0 Å². The first-order valence-electron chi connectivity index (χ1n) is 4.91.